The van der Waals surface area contributed by atoms with E-state index in [-0.39, 0.29) is 123 Å². The standard InChI is InChI=1S/C28H20F6N4.C28H18F6N4.C14H14N4.C7H4F3I.C7H7NO2.C7H5N.2CH4.2ClH.K.2Pt.H/c2*1-26(19-7-3-2-4-8-19,24-13-15-37(35-24)22-11-5-9-20(17-22)27(29,30)31)25-14-16-38(36-25)23-12-6-10-21(18-23)28(32,33)34;1-14(12-7-9-15-17-12,13-8-10-16-18-13)11-5-3-2-4-6-11;8-7(9,10)5-2-1-3-6(11)4-5;9-7-4-2-1-3-6(7)5-8-10;8-6-7-4-2-1-3-5-7;;;;;;;;/h2-18H,1H3;2-10,13-18H,1H3;2-10H,1H3,(H,15,17)(H,16,18);1-4H;1-5,9-10H;1-5H;2*1H4;2*1H;;;;/q;-2;;;;;;;;;+1;2*+2;-1/p-2/b;;;;8-5-;;;;;;;;;. The molecule has 130 heavy (non-hydrogen) atoms. The van der Waals surface area contributed by atoms with E-state index in [4.69, 9.17) is 34.4 Å². The second kappa shape index (κ2) is 48.6. The normalized spacial score (nSPS) is 11.4. The molecule has 0 amide bonds. The third kappa shape index (κ3) is 28.3. The largest absolute Gasteiger partial charge is 2.00 e. The third-order valence-electron chi connectivity index (χ3n) is 19.3. The molecule has 0 unspecified atom stereocenters. The fourth-order valence-electron chi connectivity index (χ4n) is 12.6. The smallest absolute Gasteiger partial charge is 1.00 e. The first-order valence-corrected chi connectivity index (χ1v) is 43.6. The van der Waals surface area contributed by atoms with Crippen molar-refractivity contribution in [2.24, 2.45) is 5.16 Å². The summed E-state index contributed by atoms with van der Waals surface area (Å²) in [5.74, 6) is 0.111. The van der Waals surface area contributed by atoms with Gasteiger partial charge in [-0.2, -0.15) is 138 Å². The zero-order valence-corrected chi connectivity index (χ0v) is 78.3. The van der Waals surface area contributed by atoms with Crippen LogP contribution in [0, 0.1) is 27.0 Å². The number of hydrogen-bond donors (Lipinski definition) is 4. The number of nitrogens with zero attached hydrogens (tertiary/aromatic N) is 12. The number of aromatic amines is 2. The van der Waals surface area contributed by atoms with Crippen LogP contribution in [0.25, 0.3) is 22.7 Å². The van der Waals surface area contributed by atoms with Gasteiger partial charge in [-0.05, 0) is 187 Å². The number of nitriles is 1. The van der Waals surface area contributed by atoms with Crippen molar-refractivity contribution in [3.05, 3.63) is 434 Å². The average molecular weight is 2330 g/mol. The molecule has 6 heterocycles. The minimum absolute atomic E-state index is 0. The third-order valence-corrected chi connectivity index (χ3v) is 20.0. The Labute approximate surface area is 827 Å². The molecule has 0 saturated heterocycles. The van der Waals surface area contributed by atoms with Gasteiger partial charge in [-0.15, -0.1) is 12.1 Å². The van der Waals surface area contributed by atoms with Gasteiger partial charge in [0, 0.05) is 46.3 Å². The number of aromatic hydroxyl groups is 1. The van der Waals surface area contributed by atoms with Gasteiger partial charge in [0.15, 0.2) is 0 Å². The van der Waals surface area contributed by atoms with Crippen LogP contribution >= 0.6 is 41.4 Å². The summed E-state index contributed by atoms with van der Waals surface area (Å²) in [7, 11) is 9.75. The van der Waals surface area contributed by atoms with E-state index in [1.165, 1.54) is 91.4 Å². The number of hydrogen-bond acceptors (Lipinski definition) is 10. The van der Waals surface area contributed by atoms with E-state index in [1.54, 1.807) is 85.5 Å². The molecule has 0 bridgehead atoms. The van der Waals surface area contributed by atoms with Gasteiger partial charge in [-0.1, -0.05) is 171 Å². The van der Waals surface area contributed by atoms with E-state index >= 15 is 0 Å². The van der Waals surface area contributed by atoms with E-state index in [1.807, 2.05) is 152 Å². The quantitative estimate of drug-likeness (QED) is 0.0155. The number of benzene rings is 10. The second-order valence-electron chi connectivity index (χ2n) is 27.3. The van der Waals surface area contributed by atoms with E-state index in [0.717, 1.165) is 83.2 Å². The number of oxime groups is 1. The first kappa shape index (κ1) is 108. The molecule has 16 rings (SSSR count). The zero-order valence-electron chi connectivity index (χ0n) is 68.0. The first-order valence-electron chi connectivity index (χ1n) is 36.9. The van der Waals surface area contributed by atoms with E-state index in [0.29, 0.717) is 37.5 Å². The molecule has 0 aliphatic rings. The Morgan fingerprint density at radius 1 is 0.415 bits per heavy atom. The summed E-state index contributed by atoms with van der Waals surface area (Å²) in [6.07, 6.45) is -11.4. The Morgan fingerprint density at radius 3 is 1.04 bits per heavy atom. The number of rotatable bonds is 14. The fraction of sp³-hybridized carbons (Fsp3) is 0.140. The van der Waals surface area contributed by atoms with Gasteiger partial charge < -0.3 is 11.7 Å². The van der Waals surface area contributed by atoms with Crippen LogP contribution in [-0.2, 0) is 84.7 Å². The molecule has 37 heteroatoms. The summed E-state index contributed by atoms with van der Waals surface area (Å²) in [6.45, 7) is 5.86. The van der Waals surface area contributed by atoms with Crippen LogP contribution in [0.4, 0.5) is 65.9 Å². The van der Waals surface area contributed by atoms with Crippen molar-refractivity contribution in [2.75, 3.05) is 0 Å². The molecule has 16 nitrogen and oxygen atoms in total. The maximum Gasteiger partial charge on any atom is 2.00 e. The summed E-state index contributed by atoms with van der Waals surface area (Å²) in [6, 6.07) is 83.8. The van der Waals surface area contributed by atoms with Crippen LogP contribution in [0.15, 0.2) is 334 Å². The molecule has 678 valence electrons. The Balaban J connectivity index is 0.000000300. The molecule has 0 aliphatic heterocycles. The Morgan fingerprint density at radius 2 is 0.723 bits per heavy atom. The number of alkyl halides is 15. The second-order valence-corrected chi connectivity index (χ2v) is 31.9. The van der Waals surface area contributed by atoms with Crippen molar-refractivity contribution in [1.29, 1.82) is 5.26 Å². The van der Waals surface area contributed by atoms with Gasteiger partial charge in [0.05, 0.1) is 96.3 Å². The zero-order chi connectivity index (χ0) is 91.1. The van der Waals surface area contributed by atoms with Crippen LogP contribution in [0.5, 0.6) is 5.75 Å². The molecule has 16 aromatic rings. The molecule has 6 aromatic heterocycles. The Hall–Kier alpha value is -10.5. The predicted octanol–water partition coefficient (Wildman–Crippen LogP) is 22.8. The molecule has 0 atom stereocenters. The SMILES string of the molecule is C.C.CC(c1ccccc1)(c1ccn(-c2[c-]ccc(C(F)(F)F)c2)n1)c1ccn(-c2[c-]ccc(C(F)(F)F)c2)n1.CC(c1ccccc1)(c1ccn(-c2cccc(C(F)(F)F)c2)n1)c1ccn(-c2cccc(C(F)(F)F)c2)n1.CC(c1ccccc1)(c1ccn[nH]1)c1ccn[nH]1.FC(F)(F)c1cccc(I)c1.N#Cc1ccccc1.O/N=C\c1ccccc1O.[Cl][Pt][Cl].[H-].[K+].[Pt+2]. The summed E-state index contributed by atoms with van der Waals surface area (Å²) >= 11 is 1.37. The Kier molecular flexibility index (Phi) is 40.5. The average Bonchev–Trinajstić information content (AvgIpc) is 1.01. The van der Waals surface area contributed by atoms with Gasteiger partial charge in [-0.3, -0.25) is 19.6 Å². The van der Waals surface area contributed by atoms with E-state index in [2.05, 4.69) is 77.1 Å². The molecular formula is C93H77Cl2F15IKN14O2Pt2. The molecular weight excluding hydrogens is 2260 g/mol. The van der Waals surface area contributed by atoms with Crippen molar-refractivity contribution in [1.82, 2.24) is 59.5 Å². The Bertz CT molecular complexity index is 5740. The topological polar surface area (TPSA) is 205 Å². The molecule has 0 spiro atoms. The number of aromatic nitrogens is 12. The van der Waals surface area contributed by atoms with Crippen molar-refractivity contribution >= 4 is 47.6 Å². The van der Waals surface area contributed by atoms with Crippen molar-refractivity contribution in [2.45, 2.75) is 82.8 Å². The van der Waals surface area contributed by atoms with Crippen LogP contribution in [0.2, 0.25) is 0 Å². The molecule has 0 aliphatic carbocycles. The van der Waals surface area contributed by atoms with Crippen molar-refractivity contribution in [3.8, 4) is 34.6 Å². The number of H-pyrrole nitrogens is 2. The number of phenols is 1. The van der Waals surface area contributed by atoms with E-state index < -0.39 is 86.0 Å². The predicted molar refractivity (Wildman–Crippen MR) is 464 cm³/mol. The van der Waals surface area contributed by atoms with Crippen LogP contribution < -0.4 is 51.4 Å². The summed E-state index contributed by atoms with van der Waals surface area (Å²) < 4.78 is 201. The monoisotopic (exact) mass is 2330 g/mol. The van der Waals surface area contributed by atoms with Crippen LogP contribution in [0.3, 0.4) is 0 Å². The van der Waals surface area contributed by atoms with Gasteiger partial charge in [0.25, 0.3) is 0 Å². The fourth-order valence-corrected chi connectivity index (χ4v) is 13.2. The molecule has 0 fully saturated rings. The van der Waals surface area contributed by atoms with Gasteiger partial charge in [0.2, 0.25) is 0 Å². The first-order chi connectivity index (χ1) is 59.9. The minimum Gasteiger partial charge on any atom is -1.00 e. The van der Waals surface area contributed by atoms with Gasteiger partial charge in [-0.25, -0.2) is 9.36 Å². The number of halogens is 18. The maximum atomic E-state index is 13.3. The van der Waals surface area contributed by atoms with Crippen LogP contribution in [-0.4, -0.2) is 76.0 Å². The van der Waals surface area contributed by atoms with Gasteiger partial charge in [0.1, 0.15) is 5.75 Å². The van der Waals surface area contributed by atoms with Crippen LogP contribution in [0.1, 0.15) is 127 Å². The molecule has 0 radical (unpaired) electrons. The molecule has 4 N–H and O–H groups in total. The number of para-hydroxylation sites is 1. The molecule has 10 aromatic carbocycles. The molecule has 0 saturated carbocycles. The number of phenolic OH excluding ortho intramolecular Hbond substituents is 1. The van der Waals surface area contributed by atoms with Gasteiger partial charge >= 0.3 is 139 Å². The van der Waals surface area contributed by atoms with E-state index in [9.17, 15) is 65.9 Å². The number of nitrogens with one attached hydrogen (secondary N) is 2. The van der Waals surface area contributed by atoms with Crippen molar-refractivity contribution in [3.63, 3.8) is 0 Å². The maximum absolute atomic E-state index is 13.3. The minimum atomic E-state index is -4.52. The summed E-state index contributed by atoms with van der Waals surface area (Å²) in [5.41, 5.74) is 2.55. The summed E-state index contributed by atoms with van der Waals surface area (Å²) in [5, 5.41) is 60.8. The van der Waals surface area contributed by atoms with Crippen molar-refractivity contribution < 1.29 is 167 Å². The summed E-state index contributed by atoms with van der Waals surface area (Å²) in [4.78, 5) is 0.